The number of carbonyl (C=O) groups is 2. The molecule has 6 heteroatoms. The van der Waals surface area contributed by atoms with E-state index in [1.807, 2.05) is 0 Å². The number of hydrogen-bond donors (Lipinski definition) is 1. The van der Waals surface area contributed by atoms with E-state index in [0.29, 0.717) is 29.9 Å². The van der Waals surface area contributed by atoms with Gasteiger partial charge in [-0.05, 0) is 24.8 Å². The number of esters is 2. The third-order valence-corrected chi connectivity index (χ3v) is 3.88. The van der Waals surface area contributed by atoms with Crippen molar-refractivity contribution in [1.82, 2.24) is 4.98 Å². The first kappa shape index (κ1) is 12.3. The Morgan fingerprint density at radius 1 is 1.43 bits per heavy atom. The molecule has 0 fully saturated rings. The summed E-state index contributed by atoms with van der Waals surface area (Å²) in [5.41, 5.74) is 2.65. The van der Waals surface area contributed by atoms with Crippen molar-refractivity contribution in [3.8, 4) is 0 Å². The summed E-state index contributed by atoms with van der Waals surface area (Å²) in [4.78, 5) is 26.5. The smallest absolute Gasteiger partial charge is 0.355 e. The van der Waals surface area contributed by atoms with E-state index in [1.165, 1.54) is 0 Å². The Kier molecular flexibility index (Phi) is 2.63. The Morgan fingerprint density at radius 3 is 3.19 bits per heavy atom. The van der Waals surface area contributed by atoms with Crippen LogP contribution < -0.4 is 0 Å². The summed E-state index contributed by atoms with van der Waals surface area (Å²) in [5, 5.41) is 0. The second kappa shape index (κ2) is 4.51. The number of nitrogens with one attached hydrogen (secondary N) is 1. The van der Waals surface area contributed by atoms with Gasteiger partial charge in [-0.2, -0.15) is 0 Å². The van der Waals surface area contributed by atoms with E-state index in [4.69, 9.17) is 13.9 Å². The first-order chi connectivity index (χ1) is 10.2. The second-order valence-electron chi connectivity index (χ2n) is 5.29. The molecule has 108 valence electrons. The van der Waals surface area contributed by atoms with Crippen LogP contribution in [0.25, 0.3) is 11.1 Å². The monoisotopic (exact) mass is 287 g/mol. The Morgan fingerprint density at radius 2 is 2.33 bits per heavy atom. The van der Waals surface area contributed by atoms with Gasteiger partial charge in [0.25, 0.3) is 0 Å². The van der Waals surface area contributed by atoms with Crippen molar-refractivity contribution in [3.63, 3.8) is 0 Å². The average Bonchev–Trinajstić information content (AvgIpc) is 3.10. The number of rotatable bonds is 2. The Balaban J connectivity index is 1.55. The van der Waals surface area contributed by atoms with Crippen LogP contribution in [0.2, 0.25) is 0 Å². The highest BCUT2D eigenvalue weighted by atomic mass is 16.6. The fourth-order valence-electron chi connectivity index (χ4n) is 2.89. The molecule has 0 amide bonds. The summed E-state index contributed by atoms with van der Waals surface area (Å²) in [7, 11) is 0. The number of ether oxygens (including phenoxy) is 2. The molecule has 2 aromatic heterocycles. The Labute approximate surface area is 119 Å². The number of hydrogen-bond acceptors (Lipinski definition) is 5. The topological polar surface area (TPSA) is 81.5 Å². The van der Waals surface area contributed by atoms with E-state index in [1.54, 1.807) is 18.4 Å². The first-order valence-corrected chi connectivity index (χ1v) is 6.90. The van der Waals surface area contributed by atoms with Crippen molar-refractivity contribution < 1.29 is 23.5 Å². The van der Waals surface area contributed by atoms with Gasteiger partial charge in [-0.3, -0.25) is 4.79 Å². The third-order valence-electron chi connectivity index (χ3n) is 3.88. The quantitative estimate of drug-likeness (QED) is 0.859. The van der Waals surface area contributed by atoms with E-state index in [-0.39, 0.29) is 5.97 Å². The molecule has 1 unspecified atom stereocenters. The van der Waals surface area contributed by atoms with Crippen LogP contribution in [0.3, 0.4) is 0 Å². The number of aromatic amines is 1. The van der Waals surface area contributed by atoms with E-state index in [0.717, 1.165) is 23.9 Å². The van der Waals surface area contributed by atoms with E-state index < -0.39 is 12.1 Å². The summed E-state index contributed by atoms with van der Waals surface area (Å²) in [6, 6.07) is 3.35. The number of furan rings is 1. The largest absolute Gasteiger partial charge is 0.463 e. The van der Waals surface area contributed by atoms with E-state index in [2.05, 4.69) is 4.98 Å². The molecule has 0 aromatic carbocycles. The molecule has 21 heavy (non-hydrogen) atoms. The Bertz CT molecular complexity index is 737. The fraction of sp³-hybridized carbons (Fsp3) is 0.333. The van der Waals surface area contributed by atoms with Gasteiger partial charge in [0.2, 0.25) is 0 Å². The predicted molar refractivity (Wildman–Crippen MR) is 71.4 cm³/mol. The van der Waals surface area contributed by atoms with Crippen LogP contribution in [0, 0.1) is 0 Å². The average molecular weight is 287 g/mol. The molecule has 2 aromatic rings. The molecule has 1 atom stereocenters. The highest BCUT2D eigenvalue weighted by Gasteiger charge is 2.35. The summed E-state index contributed by atoms with van der Waals surface area (Å²) in [6.07, 6.45) is 3.80. The van der Waals surface area contributed by atoms with Crippen LogP contribution in [0.15, 0.2) is 34.1 Å². The molecule has 1 aliphatic heterocycles. The van der Waals surface area contributed by atoms with Gasteiger partial charge >= 0.3 is 11.9 Å². The Hall–Kier alpha value is -2.50. The van der Waals surface area contributed by atoms with Crippen molar-refractivity contribution >= 4 is 23.0 Å². The van der Waals surface area contributed by atoms with Crippen LogP contribution in [0.5, 0.6) is 0 Å². The van der Waals surface area contributed by atoms with Crippen molar-refractivity contribution in [2.24, 2.45) is 0 Å². The maximum Gasteiger partial charge on any atom is 0.355 e. The molecule has 0 spiro atoms. The van der Waals surface area contributed by atoms with Gasteiger partial charge < -0.3 is 18.9 Å². The van der Waals surface area contributed by atoms with Gasteiger partial charge in [0.05, 0.1) is 18.2 Å². The molecule has 1 aliphatic carbocycles. The minimum Gasteiger partial charge on any atom is -0.463 e. The van der Waals surface area contributed by atoms with Crippen molar-refractivity contribution in [2.75, 3.05) is 0 Å². The van der Waals surface area contributed by atoms with E-state index in [9.17, 15) is 9.59 Å². The van der Waals surface area contributed by atoms with Gasteiger partial charge in [-0.25, -0.2) is 4.79 Å². The molecule has 3 heterocycles. The molecule has 6 nitrogen and oxygen atoms in total. The van der Waals surface area contributed by atoms with Crippen molar-refractivity contribution in [1.29, 1.82) is 0 Å². The van der Waals surface area contributed by atoms with Gasteiger partial charge in [0.1, 0.15) is 11.5 Å². The van der Waals surface area contributed by atoms with Gasteiger partial charge in [-0.1, -0.05) is 0 Å². The normalized spacial score (nSPS) is 21.5. The standard InChI is InChI=1S/C15H13NO5/c17-13-6-8-2-1-3-11(14(8)21-13)20-15(18)10-7-12-9(16-10)4-5-19-12/h4-5,7,11,16H,1-3,6H2. The van der Waals surface area contributed by atoms with Crippen LogP contribution in [-0.4, -0.2) is 23.0 Å². The maximum absolute atomic E-state index is 12.2. The molecular formula is C15H13NO5. The molecule has 0 saturated heterocycles. The van der Waals surface area contributed by atoms with Gasteiger partial charge in [0.15, 0.2) is 11.7 Å². The van der Waals surface area contributed by atoms with Crippen molar-refractivity contribution in [3.05, 3.63) is 35.4 Å². The third kappa shape index (κ3) is 2.03. The number of carbonyl (C=O) groups excluding carboxylic acids is 2. The van der Waals surface area contributed by atoms with E-state index >= 15 is 0 Å². The minimum atomic E-state index is -0.470. The summed E-state index contributed by atoms with van der Waals surface area (Å²) < 4.78 is 15.9. The summed E-state index contributed by atoms with van der Waals surface area (Å²) >= 11 is 0. The van der Waals surface area contributed by atoms with Crippen molar-refractivity contribution in [2.45, 2.75) is 31.8 Å². The SMILES string of the molecule is O=C1CC2=C(O1)C(OC(=O)c1cc3occc3[nH]1)CCC2. The van der Waals surface area contributed by atoms with Crippen LogP contribution in [0.1, 0.15) is 36.2 Å². The fourth-order valence-corrected chi connectivity index (χ4v) is 2.89. The lowest BCUT2D eigenvalue weighted by Crippen LogP contribution is -2.24. The highest BCUT2D eigenvalue weighted by Crippen LogP contribution is 2.35. The number of fused-ring (bicyclic) bond motifs is 1. The molecule has 1 N–H and O–H groups in total. The zero-order valence-electron chi connectivity index (χ0n) is 11.2. The molecule has 0 bridgehead atoms. The highest BCUT2D eigenvalue weighted by molar-refractivity contribution is 5.93. The molecule has 0 saturated carbocycles. The molecule has 4 rings (SSSR count). The number of aromatic nitrogens is 1. The van der Waals surface area contributed by atoms with Crippen LogP contribution >= 0.6 is 0 Å². The lowest BCUT2D eigenvalue weighted by Gasteiger charge is -2.22. The lowest BCUT2D eigenvalue weighted by molar-refractivity contribution is -0.138. The van der Waals surface area contributed by atoms with Crippen LogP contribution in [-0.2, 0) is 14.3 Å². The van der Waals surface area contributed by atoms with Gasteiger partial charge in [-0.15, -0.1) is 0 Å². The van der Waals surface area contributed by atoms with Gasteiger partial charge in [0, 0.05) is 12.1 Å². The molecule has 2 aliphatic rings. The zero-order valence-corrected chi connectivity index (χ0v) is 11.2. The minimum absolute atomic E-state index is 0.264. The first-order valence-electron chi connectivity index (χ1n) is 6.90. The molecular weight excluding hydrogens is 274 g/mol. The maximum atomic E-state index is 12.2. The zero-order chi connectivity index (χ0) is 14.4. The predicted octanol–water partition coefficient (Wildman–Crippen LogP) is 2.67. The summed E-state index contributed by atoms with van der Waals surface area (Å²) in [5.74, 6) is -0.196. The molecule has 0 radical (unpaired) electrons. The number of H-pyrrole nitrogens is 1. The summed E-state index contributed by atoms with van der Waals surface area (Å²) in [6.45, 7) is 0. The lowest BCUT2D eigenvalue weighted by atomic mass is 9.95. The second-order valence-corrected chi connectivity index (χ2v) is 5.29. The van der Waals surface area contributed by atoms with Crippen LogP contribution in [0.4, 0.5) is 0 Å².